The van der Waals surface area contributed by atoms with E-state index in [4.69, 9.17) is 0 Å². The van der Waals surface area contributed by atoms with Crippen molar-refractivity contribution in [1.82, 2.24) is 15.2 Å². The van der Waals surface area contributed by atoms with Crippen molar-refractivity contribution >= 4 is 11.3 Å². The zero-order valence-electron chi connectivity index (χ0n) is 10.1. The molecular formula is C12H21N3S. The first-order valence-electron chi connectivity index (χ1n) is 6.10. The lowest BCUT2D eigenvalue weighted by molar-refractivity contribution is 0.214. The molecule has 2 heterocycles. The summed E-state index contributed by atoms with van der Waals surface area (Å²) in [6.07, 6.45) is 5.91. The molecule has 0 aromatic carbocycles. The van der Waals surface area contributed by atoms with Gasteiger partial charge in [-0.25, -0.2) is 4.98 Å². The van der Waals surface area contributed by atoms with Gasteiger partial charge in [-0.15, -0.1) is 11.3 Å². The van der Waals surface area contributed by atoms with Gasteiger partial charge in [0.15, 0.2) is 0 Å². The molecule has 0 saturated carbocycles. The van der Waals surface area contributed by atoms with Crippen LogP contribution in [0.15, 0.2) is 11.6 Å². The summed E-state index contributed by atoms with van der Waals surface area (Å²) in [6.45, 7) is 4.55. The van der Waals surface area contributed by atoms with Crippen LogP contribution in [-0.4, -0.2) is 36.1 Å². The third-order valence-corrected chi connectivity index (χ3v) is 4.34. The summed E-state index contributed by atoms with van der Waals surface area (Å²) in [7, 11) is 2.20. The van der Waals surface area contributed by atoms with E-state index >= 15 is 0 Å². The molecule has 4 heteroatoms. The first kappa shape index (κ1) is 12.0. The summed E-state index contributed by atoms with van der Waals surface area (Å²) < 4.78 is 0. The minimum absolute atomic E-state index is 0.434. The predicted molar refractivity (Wildman–Crippen MR) is 68.8 cm³/mol. The lowest BCUT2D eigenvalue weighted by Gasteiger charge is -2.30. The maximum atomic E-state index is 4.39. The molecule has 1 aliphatic rings. The summed E-state index contributed by atoms with van der Waals surface area (Å²) in [5.74, 6) is 0. The molecule has 0 amide bonds. The van der Waals surface area contributed by atoms with Gasteiger partial charge in [0.05, 0.1) is 6.04 Å². The van der Waals surface area contributed by atoms with E-state index < -0.39 is 0 Å². The fourth-order valence-electron chi connectivity index (χ4n) is 2.21. The number of piperidine rings is 1. The number of nitrogens with one attached hydrogen (secondary N) is 1. The zero-order chi connectivity index (χ0) is 11.4. The molecule has 1 aromatic rings. The van der Waals surface area contributed by atoms with E-state index in [1.807, 2.05) is 6.20 Å². The Balaban J connectivity index is 1.84. The number of hydrogen-bond acceptors (Lipinski definition) is 4. The molecule has 90 valence electrons. The van der Waals surface area contributed by atoms with Crippen LogP contribution in [0.1, 0.15) is 37.2 Å². The Kier molecular flexibility index (Phi) is 4.32. The quantitative estimate of drug-likeness (QED) is 0.873. The van der Waals surface area contributed by atoms with Crippen molar-refractivity contribution in [2.75, 3.05) is 20.1 Å². The van der Waals surface area contributed by atoms with Crippen molar-refractivity contribution < 1.29 is 0 Å². The van der Waals surface area contributed by atoms with Gasteiger partial charge in [0.25, 0.3) is 0 Å². The molecule has 1 saturated heterocycles. The smallest absolute Gasteiger partial charge is 0.109 e. The highest BCUT2D eigenvalue weighted by atomic mass is 32.1. The Labute approximate surface area is 102 Å². The third-order valence-electron chi connectivity index (χ3n) is 3.39. The molecule has 2 rings (SSSR count). The van der Waals surface area contributed by atoms with E-state index in [0.717, 1.165) is 6.54 Å². The fourth-order valence-corrected chi connectivity index (χ4v) is 2.97. The third kappa shape index (κ3) is 3.03. The number of likely N-dealkylation sites (N-methyl/N-ethyl adjacent to an activating group) is 1. The molecule has 1 N–H and O–H groups in total. The minimum atomic E-state index is 0.434. The Morgan fingerprint density at radius 2 is 2.50 bits per heavy atom. The Bertz CT molecular complexity index is 293. The maximum Gasteiger partial charge on any atom is 0.109 e. The average Bonchev–Trinajstić information content (AvgIpc) is 2.83. The largest absolute Gasteiger partial charge is 0.313 e. The van der Waals surface area contributed by atoms with Crippen LogP contribution in [0.3, 0.4) is 0 Å². The molecule has 1 fully saturated rings. The number of hydrogen-bond donors (Lipinski definition) is 1. The Morgan fingerprint density at radius 1 is 1.62 bits per heavy atom. The van der Waals surface area contributed by atoms with Gasteiger partial charge < -0.3 is 5.32 Å². The second-order valence-electron chi connectivity index (χ2n) is 4.63. The van der Waals surface area contributed by atoms with Crippen molar-refractivity contribution in [2.45, 2.75) is 38.3 Å². The highest BCUT2D eigenvalue weighted by Gasteiger charge is 2.19. The number of rotatable bonds is 4. The van der Waals surface area contributed by atoms with Crippen molar-refractivity contribution in [1.29, 1.82) is 0 Å². The summed E-state index contributed by atoms with van der Waals surface area (Å²) >= 11 is 1.75. The Morgan fingerprint density at radius 3 is 3.12 bits per heavy atom. The van der Waals surface area contributed by atoms with Gasteiger partial charge in [-0.1, -0.05) is 6.42 Å². The van der Waals surface area contributed by atoms with Crippen LogP contribution in [0.2, 0.25) is 0 Å². The molecule has 16 heavy (non-hydrogen) atoms. The molecule has 0 spiro atoms. The van der Waals surface area contributed by atoms with Crippen molar-refractivity contribution in [3.63, 3.8) is 0 Å². The van der Waals surface area contributed by atoms with Crippen molar-refractivity contribution in [3.05, 3.63) is 16.6 Å². The van der Waals surface area contributed by atoms with Crippen molar-refractivity contribution in [3.8, 4) is 0 Å². The highest BCUT2D eigenvalue weighted by molar-refractivity contribution is 7.09. The monoisotopic (exact) mass is 239 g/mol. The van der Waals surface area contributed by atoms with Gasteiger partial charge in [0, 0.05) is 24.2 Å². The number of aromatic nitrogens is 1. The summed E-state index contributed by atoms with van der Waals surface area (Å²) in [4.78, 5) is 6.79. The topological polar surface area (TPSA) is 28.2 Å². The van der Waals surface area contributed by atoms with Crippen LogP contribution in [-0.2, 0) is 0 Å². The van der Waals surface area contributed by atoms with E-state index in [1.165, 1.54) is 30.8 Å². The molecule has 0 aliphatic carbocycles. The molecule has 2 atom stereocenters. The fraction of sp³-hybridized carbons (Fsp3) is 0.750. The molecule has 1 aliphatic heterocycles. The van der Waals surface area contributed by atoms with E-state index in [2.05, 4.69) is 34.6 Å². The van der Waals surface area contributed by atoms with Crippen LogP contribution in [0.25, 0.3) is 0 Å². The van der Waals surface area contributed by atoms with Crippen LogP contribution >= 0.6 is 11.3 Å². The van der Waals surface area contributed by atoms with Crippen LogP contribution < -0.4 is 5.32 Å². The lowest BCUT2D eigenvalue weighted by atomic mass is 10.0. The van der Waals surface area contributed by atoms with Gasteiger partial charge in [-0.05, 0) is 33.4 Å². The lowest BCUT2D eigenvalue weighted by Crippen LogP contribution is -2.43. The number of thiazole rings is 1. The molecular weight excluding hydrogens is 218 g/mol. The normalized spacial score (nSPS) is 23.6. The molecule has 0 radical (unpaired) electrons. The standard InChI is InChI=1S/C12H21N3S/c1-10(12-14-7-8-16-12)15(2)9-11-5-3-4-6-13-11/h7-8,10-11,13H,3-6,9H2,1-2H3/t10-,11+/m1/s1. The van der Waals surface area contributed by atoms with E-state index in [-0.39, 0.29) is 0 Å². The van der Waals surface area contributed by atoms with Gasteiger partial charge in [0.2, 0.25) is 0 Å². The highest BCUT2D eigenvalue weighted by Crippen LogP contribution is 2.21. The van der Waals surface area contributed by atoms with Gasteiger partial charge in [-0.2, -0.15) is 0 Å². The second kappa shape index (κ2) is 5.75. The number of nitrogens with zero attached hydrogens (tertiary/aromatic N) is 2. The molecule has 1 aromatic heterocycles. The van der Waals surface area contributed by atoms with Gasteiger partial charge in [0.1, 0.15) is 5.01 Å². The zero-order valence-corrected chi connectivity index (χ0v) is 11.0. The molecule has 0 bridgehead atoms. The Hall–Kier alpha value is -0.450. The molecule has 0 unspecified atom stereocenters. The predicted octanol–water partition coefficient (Wildman–Crippen LogP) is 2.28. The SMILES string of the molecule is C[C@H](c1nccs1)N(C)C[C@@H]1CCCCN1. The summed E-state index contributed by atoms with van der Waals surface area (Å²) in [5, 5.41) is 6.87. The maximum absolute atomic E-state index is 4.39. The van der Waals surface area contributed by atoms with Gasteiger partial charge >= 0.3 is 0 Å². The second-order valence-corrected chi connectivity index (χ2v) is 5.56. The van der Waals surface area contributed by atoms with E-state index in [9.17, 15) is 0 Å². The van der Waals surface area contributed by atoms with Gasteiger partial charge in [-0.3, -0.25) is 4.90 Å². The summed E-state index contributed by atoms with van der Waals surface area (Å²) in [5.41, 5.74) is 0. The molecule has 3 nitrogen and oxygen atoms in total. The van der Waals surface area contributed by atoms with E-state index in [0.29, 0.717) is 12.1 Å². The summed E-state index contributed by atoms with van der Waals surface area (Å²) in [6, 6.07) is 1.10. The van der Waals surface area contributed by atoms with Crippen LogP contribution in [0, 0.1) is 0 Å². The first-order valence-corrected chi connectivity index (χ1v) is 6.98. The van der Waals surface area contributed by atoms with E-state index in [1.54, 1.807) is 11.3 Å². The minimum Gasteiger partial charge on any atom is -0.313 e. The van der Waals surface area contributed by atoms with Crippen molar-refractivity contribution in [2.24, 2.45) is 0 Å². The van der Waals surface area contributed by atoms with Crippen LogP contribution in [0.4, 0.5) is 0 Å². The average molecular weight is 239 g/mol. The van der Waals surface area contributed by atoms with Crippen LogP contribution in [0.5, 0.6) is 0 Å². The first-order chi connectivity index (χ1) is 7.77.